The molecule has 0 bridgehead atoms. The van der Waals surface area contributed by atoms with Crippen LogP contribution in [0, 0.1) is 0 Å². The van der Waals surface area contributed by atoms with E-state index in [9.17, 15) is 9.59 Å². The van der Waals surface area contributed by atoms with E-state index < -0.39 is 12.6 Å². The summed E-state index contributed by atoms with van der Waals surface area (Å²) >= 11 is 6.12. The lowest BCUT2D eigenvalue weighted by Crippen LogP contribution is -2.10. The molecule has 0 aliphatic carbocycles. The van der Waals surface area contributed by atoms with Crippen molar-refractivity contribution in [2.24, 2.45) is 0 Å². The highest BCUT2D eigenvalue weighted by Gasteiger charge is 2.21. The molecule has 3 rings (SSSR count). The minimum absolute atomic E-state index is 0.179. The lowest BCUT2D eigenvalue weighted by molar-refractivity contribution is -0.139. The van der Waals surface area contributed by atoms with Gasteiger partial charge < -0.3 is 14.3 Å². The number of carboxylic acids is 1. The molecular weight excluding hydrogens is 344 g/mol. The molecule has 0 saturated heterocycles. The van der Waals surface area contributed by atoms with E-state index in [4.69, 9.17) is 25.9 Å². The van der Waals surface area contributed by atoms with E-state index >= 15 is 0 Å². The fourth-order valence-electron chi connectivity index (χ4n) is 2.64. The number of fused-ring (bicyclic) bond motifs is 1. The van der Waals surface area contributed by atoms with Crippen LogP contribution in [-0.4, -0.2) is 23.5 Å². The first kappa shape index (κ1) is 17.0. The van der Waals surface area contributed by atoms with E-state index in [1.54, 1.807) is 6.07 Å². The number of carbonyl (C=O) groups excluding carboxylic acids is 1. The maximum atomic E-state index is 13.0. The predicted octanol–water partition coefficient (Wildman–Crippen LogP) is 4.34. The molecule has 2 aromatic carbocycles. The number of furan rings is 1. The van der Waals surface area contributed by atoms with Gasteiger partial charge in [-0.15, -0.1) is 0 Å². The number of rotatable bonds is 6. The first-order chi connectivity index (χ1) is 12.0. The van der Waals surface area contributed by atoms with Gasteiger partial charge in [-0.3, -0.25) is 4.79 Å². The van der Waals surface area contributed by atoms with Crippen LogP contribution in [0.4, 0.5) is 0 Å². The van der Waals surface area contributed by atoms with Crippen LogP contribution in [0.15, 0.2) is 46.9 Å². The molecule has 0 saturated carbocycles. The maximum Gasteiger partial charge on any atom is 0.341 e. The molecule has 0 atom stereocenters. The van der Waals surface area contributed by atoms with E-state index in [2.05, 4.69) is 0 Å². The van der Waals surface area contributed by atoms with E-state index in [1.165, 1.54) is 12.1 Å². The molecule has 0 fully saturated rings. The third-order valence-corrected chi connectivity index (χ3v) is 4.06. The van der Waals surface area contributed by atoms with Crippen molar-refractivity contribution >= 4 is 34.3 Å². The lowest BCUT2D eigenvalue weighted by Gasteiger charge is -2.07. The summed E-state index contributed by atoms with van der Waals surface area (Å²) in [5, 5.41) is 9.59. The van der Waals surface area contributed by atoms with Gasteiger partial charge in [-0.1, -0.05) is 36.7 Å². The van der Waals surface area contributed by atoms with Crippen molar-refractivity contribution in [2.75, 3.05) is 6.61 Å². The van der Waals surface area contributed by atoms with Crippen LogP contribution in [0.5, 0.6) is 5.75 Å². The van der Waals surface area contributed by atoms with Crippen LogP contribution in [-0.2, 0) is 11.2 Å². The molecular formula is C19H15ClO5. The molecule has 3 aromatic rings. The number of ketones is 1. The monoisotopic (exact) mass is 358 g/mol. The standard InChI is InChI=1S/C19H15ClO5/c1-2-14-18(12-5-3-4-6-15(12)25-14)19(23)11-7-8-16(13(20)9-11)24-10-17(21)22/h3-9H,2,10H2,1H3,(H,21,22). The average Bonchev–Trinajstić information content (AvgIpc) is 2.98. The number of halogens is 1. The van der Waals surface area contributed by atoms with Gasteiger partial charge in [-0.05, 0) is 24.3 Å². The zero-order valence-electron chi connectivity index (χ0n) is 13.4. The fourth-order valence-corrected chi connectivity index (χ4v) is 2.87. The van der Waals surface area contributed by atoms with Gasteiger partial charge in [0.2, 0.25) is 0 Å². The summed E-state index contributed by atoms with van der Waals surface area (Å²) in [4.78, 5) is 23.6. The van der Waals surface area contributed by atoms with Crippen molar-refractivity contribution < 1.29 is 23.8 Å². The Balaban J connectivity index is 1.99. The van der Waals surface area contributed by atoms with Crippen LogP contribution < -0.4 is 4.74 Å². The number of carboxylic acid groups (broad SMARTS) is 1. The van der Waals surface area contributed by atoms with E-state index in [0.29, 0.717) is 28.9 Å². The van der Waals surface area contributed by atoms with Crippen LogP contribution in [0.1, 0.15) is 28.6 Å². The normalized spacial score (nSPS) is 10.8. The molecule has 25 heavy (non-hydrogen) atoms. The molecule has 1 N–H and O–H groups in total. The van der Waals surface area contributed by atoms with Gasteiger partial charge in [0.05, 0.1) is 10.6 Å². The number of ether oxygens (including phenoxy) is 1. The Bertz CT molecular complexity index is 958. The molecule has 128 valence electrons. The summed E-state index contributed by atoms with van der Waals surface area (Å²) < 4.78 is 10.8. The number of aryl methyl sites for hydroxylation is 1. The molecule has 6 heteroatoms. The number of carbonyl (C=O) groups is 2. The van der Waals surface area contributed by atoms with E-state index in [-0.39, 0.29) is 16.6 Å². The minimum atomic E-state index is -1.10. The number of hydrogen-bond acceptors (Lipinski definition) is 4. The first-order valence-electron chi connectivity index (χ1n) is 7.70. The molecule has 0 radical (unpaired) electrons. The molecule has 1 heterocycles. The molecule has 0 unspecified atom stereocenters. The summed E-state index contributed by atoms with van der Waals surface area (Å²) in [5.41, 5.74) is 1.57. The molecule has 0 aliphatic heterocycles. The van der Waals surface area contributed by atoms with Gasteiger partial charge in [0.15, 0.2) is 12.4 Å². The van der Waals surface area contributed by atoms with E-state index in [1.807, 2.05) is 31.2 Å². The van der Waals surface area contributed by atoms with Gasteiger partial charge in [0.1, 0.15) is 17.1 Å². The van der Waals surface area contributed by atoms with Gasteiger partial charge in [-0.2, -0.15) is 0 Å². The van der Waals surface area contributed by atoms with Crippen LogP contribution in [0.25, 0.3) is 11.0 Å². The molecule has 0 amide bonds. The summed E-state index contributed by atoms with van der Waals surface area (Å²) in [6, 6.07) is 11.9. The average molecular weight is 359 g/mol. The Morgan fingerprint density at radius 1 is 1.20 bits per heavy atom. The second-order valence-electron chi connectivity index (χ2n) is 5.41. The summed E-state index contributed by atoms with van der Waals surface area (Å²) in [6.45, 7) is 1.42. The van der Waals surface area contributed by atoms with Gasteiger partial charge in [0, 0.05) is 17.4 Å². The van der Waals surface area contributed by atoms with Crippen molar-refractivity contribution in [1.82, 2.24) is 0 Å². The Morgan fingerprint density at radius 3 is 2.64 bits per heavy atom. The topological polar surface area (TPSA) is 76.7 Å². The fraction of sp³-hybridized carbons (Fsp3) is 0.158. The van der Waals surface area contributed by atoms with Crippen LogP contribution in [0.2, 0.25) is 5.02 Å². The third kappa shape index (κ3) is 3.37. The number of benzene rings is 2. The van der Waals surface area contributed by atoms with Crippen molar-refractivity contribution in [2.45, 2.75) is 13.3 Å². The number of aliphatic carboxylic acids is 1. The Labute approximate surface area is 148 Å². The second kappa shape index (κ2) is 6.99. The lowest BCUT2D eigenvalue weighted by atomic mass is 9.99. The maximum absolute atomic E-state index is 13.0. The zero-order valence-corrected chi connectivity index (χ0v) is 14.2. The van der Waals surface area contributed by atoms with Crippen LogP contribution >= 0.6 is 11.6 Å². The van der Waals surface area contributed by atoms with Gasteiger partial charge in [0.25, 0.3) is 0 Å². The van der Waals surface area contributed by atoms with Gasteiger partial charge in [-0.25, -0.2) is 4.79 Å². The van der Waals surface area contributed by atoms with Gasteiger partial charge >= 0.3 is 5.97 Å². The molecule has 5 nitrogen and oxygen atoms in total. The first-order valence-corrected chi connectivity index (χ1v) is 8.08. The quantitative estimate of drug-likeness (QED) is 0.663. The third-order valence-electron chi connectivity index (χ3n) is 3.76. The van der Waals surface area contributed by atoms with Crippen molar-refractivity contribution in [1.29, 1.82) is 0 Å². The molecule has 0 aliphatic rings. The zero-order chi connectivity index (χ0) is 18.0. The van der Waals surface area contributed by atoms with Crippen LogP contribution in [0.3, 0.4) is 0 Å². The Morgan fingerprint density at radius 2 is 1.96 bits per heavy atom. The Hall–Kier alpha value is -2.79. The molecule has 1 aromatic heterocycles. The summed E-state index contributed by atoms with van der Waals surface area (Å²) in [6.07, 6.45) is 0.587. The second-order valence-corrected chi connectivity index (χ2v) is 5.81. The highest BCUT2D eigenvalue weighted by Crippen LogP contribution is 2.31. The minimum Gasteiger partial charge on any atom is -0.480 e. The van der Waals surface area contributed by atoms with E-state index in [0.717, 1.165) is 5.39 Å². The van der Waals surface area contributed by atoms with Crippen molar-refractivity contribution in [3.8, 4) is 5.75 Å². The smallest absolute Gasteiger partial charge is 0.341 e. The highest BCUT2D eigenvalue weighted by atomic mass is 35.5. The number of hydrogen-bond donors (Lipinski definition) is 1. The SMILES string of the molecule is CCc1oc2ccccc2c1C(=O)c1ccc(OCC(=O)O)c(Cl)c1. The predicted molar refractivity (Wildman–Crippen MR) is 93.6 cm³/mol. The highest BCUT2D eigenvalue weighted by molar-refractivity contribution is 6.32. The summed E-state index contributed by atoms with van der Waals surface area (Å²) in [7, 11) is 0. The largest absolute Gasteiger partial charge is 0.480 e. The van der Waals surface area contributed by atoms with Crippen molar-refractivity contribution in [3.63, 3.8) is 0 Å². The Kier molecular flexibility index (Phi) is 4.76. The molecule has 0 spiro atoms. The number of para-hydroxylation sites is 1. The summed E-state index contributed by atoms with van der Waals surface area (Å²) in [5.74, 6) is -0.468. The van der Waals surface area contributed by atoms with Crippen molar-refractivity contribution in [3.05, 3.63) is 64.4 Å².